The molecule has 0 aromatic carbocycles. The van der Waals surface area contributed by atoms with E-state index >= 15 is 0 Å². The van der Waals surface area contributed by atoms with E-state index in [0.717, 1.165) is 6.07 Å². The summed E-state index contributed by atoms with van der Waals surface area (Å²) in [6.45, 7) is 6.48. The highest BCUT2D eigenvalue weighted by molar-refractivity contribution is 5.68. The number of pyridine rings is 1. The zero-order valence-electron chi connectivity index (χ0n) is 13.3. The fourth-order valence-corrected chi connectivity index (χ4v) is 2.33. The number of alkyl halides is 3. The molecule has 1 saturated heterocycles. The van der Waals surface area contributed by atoms with Gasteiger partial charge in [0, 0.05) is 13.1 Å². The van der Waals surface area contributed by atoms with Gasteiger partial charge in [-0.15, -0.1) is 0 Å². The third kappa shape index (κ3) is 5.01. The summed E-state index contributed by atoms with van der Waals surface area (Å²) in [6, 6.07) is 2.25. The Kier molecular flexibility index (Phi) is 4.72. The van der Waals surface area contributed by atoms with E-state index in [1.165, 1.54) is 12.3 Å². The lowest BCUT2D eigenvalue weighted by Gasteiger charge is -2.22. The van der Waals surface area contributed by atoms with Crippen molar-refractivity contribution in [1.82, 2.24) is 10.3 Å². The summed E-state index contributed by atoms with van der Waals surface area (Å²) < 4.78 is 42.7. The minimum Gasteiger partial charge on any atom is -0.444 e. The average molecular weight is 331 g/mol. The molecule has 0 radical (unpaired) electrons. The van der Waals surface area contributed by atoms with Gasteiger partial charge in [0.2, 0.25) is 0 Å². The first-order chi connectivity index (χ1) is 10.5. The third-order valence-electron chi connectivity index (χ3n) is 3.31. The number of hydrogen-bond donors (Lipinski definition) is 1. The second-order valence-corrected chi connectivity index (χ2v) is 6.48. The lowest BCUT2D eigenvalue weighted by molar-refractivity contribution is -0.141. The van der Waals surface area contributed by atoms with Crippen molar-refractivity contribution in [1.29, 1.82) is 0 Å². The van der Waals surface area contributed by atoms with E-state index in [9.17, 15) is 18.0 Å². The maximum atomic E-state index is 12.5. The van der Waals surface area contributed by atoms with Crippen LogP contribution in [0.5, 0.6) is 0 Å². The number of anilines is 1. The predicted octanol–water partition coefficient (Wildman–Crippen LogP) is 3.20. The smallest absolute Gasteiger partial charge is 0.433 e. The number of rotatable bonds is 2. The van der Waals surface area contributed by atoms with Crippen molar-refractivity contribution < 1.29 is 22.7 Å². The number of amides is 1. The molecule has 1 atom stereocenters. The molecule has 1 aromatic heterocycles. The summed E-state index contributed by atoms with van der Waals surface area (Å²) in [4.78, 5) is 17.1. The Hall–Kier alpha value is -1.99. The molecule has 8 heteroatoms. The molecule has 1 aliphatic rings. The molecule has 0 aliphatic carbocycles. The zero-order chi connectivity index (χ0) is 17.3. The number of carbonyl (C=O) groups is 1. The molecule has 1 fully saturated rings. The number of aromatic nitrogens is 1. The molecule has 128 valence electrons. The second-order valence-electron chi connectivity index (χ2n) is 6.48. The minimum absolute atomic E-state index is 0.104. The molecular weight excluding hydrogens is 311 g/mol. The summed E-state index contributed by atoms with van der Waals surface area (Å²) in [7, 11) is 0. The lowest BCUT2D eigenvalue weighted by Crippen LogP contribution is -2.40. The highest BCUT2D eigenvalue weighted by Crippen LogP contribution is 2.29. The van der Waals surface area contributed by atoms with Crippen LogP contribution in [-0.4, -0.2) is 35.8 Å². The first kappa shape index (κ1) is 17.4. The van der Waals surface area contributed by atoms with Crippen LogP contribution >= 0.6 is 0 Å². The molecule has 1 N–H and O–H groups in total. The van der Waals surface area contributed by atoms with E-state index in [1.54, 1.807) is 20.8 Å². The fourth-order valence-electron chi connectivity index (χ4n) is 2.33. The number of nitrogens with one attached hydrogen (secondary N) is 1. The molecule has 2 rings (SSSR count). The molecule has 5 nitrogen and oxygen atoms in total. The van der Waals surface area contributed by atoms with E-state index in [4.69, 9.17) is 4.74 Å². The number of nitrogens with zero attached hydrogens (tertiary/aromatic N) is 2. The topological polar surface area (TPSA) is 54.5 Å². The van der Waals surface area contributed by atoms with E-state index < -0.39 is 23.6 Å². The SMILES string of the molecule is CC(C)(C)OC(=O)N[C@@H]1CCN(c2ccc(C(F)(F)F)nc2)C1. The van der Waals surface area contributed by atoms with Crippen molar-refractivity contribution in [2.45, 2.75) is 45.0 Å². The summed E-state index contributed by atoms with van der Waals surface area (Å²) in [5.74, 6) is 0. The Morgan fingerprint density at radius 3 is 2.57 bits per heavy atom. The first-order valence-electron chi connectivity index (χ1n) is 7.32. The van der Waals surface area contributed by atoms with Gasteiger partial charge in [-0.25, -0.2) is 9.78 Å². The van der Waals surface area contributed by atoms with Crippen molar-refractivity contribution in [3.8, 4) is 0 Å². The summed E-state index contributed by atoms with van der Waals surface area (Å²) in [5.41, 5.74) is -0.880. The zero-order valence-corrected chi connectivity index (χ0v) is 13.3. The van der Waals surface area contributed by atoms with Gasteiger partial charge in [-0.1, -0.05) is 0 Å². The van der Waals surface area contributed by atoms with Gasteiger partial charge in [0.1, 0.15) is 11.3 Å². The van der Waals surface area contributed by atoms with Crippen LogP contribution in [0, 0.1) is 0 Å². The molecule has 0 bridgehead atoms. The van der Waals surface area contributed by atoms with Gasteiger partial charge in [-0.2, -0.15) is 13.2 Å². The van der Waals surface area contributed by atoms with Crippen LogP contribution in [0.1, 0.15) is 32.9 Å². The van der Waals surface area contributed by atoms with Crippen LogP contribution in [0.3, 0.4) is 0 Å². The van der Waals surface area contributed by atoms with Gasteiger partial charge in [0.25, 0.3) is 0 Å². The number of hydrogen-bond acceptors (Lipinski definition) is 4. The standard InChI is InChI=1S/C15H20F3N3O2/c1-14(2,3)23-13(22)20-10-6-7-21(9-10)11-4-5-12(19-8-11)15(16,17)18/h4-5,8,10H,6-7,9H2,1-3H3,(H,20,22)/t10-/m1/s1. The van der Waals surface area contributed by atoms with Crippen molar-refractivity contribution in [2.24, 2.45) is 0 Å². The van der Waals surface area contributed by atoms with Crippen LogP contribution in [0.2, 0.25) is 0 Å². The molecule has 1 amide bonds. The number of ether oxygens (including phenoxy) is 1. The fraction of sp³-hybridized carbons (Fsp3) is 0.600. The molecule has 2 heterocycles. The Morgan fingerprint density at radius 1 is 1.35 bits per heavy atom. The van der Waals surface area contributed by atoms with Crippen molar-refractivity contribution in [2.75, 3.05) is 18.0 Å². The van der Waals surface area contributed by atoms with Crippen LogP contribution in [0.4, 0.5) is 23.7 Å². The van der Waals surface area contributed by atoms with Gasteiger partial charge >= 0.3 is 12.3 Å². The summed E-state index contributed by atoms with van der Waals surface area (Å²) in [5, 5.41) is 2.77. The predicted molar refractivity (Wildman–Crippen MR) is 79.2 cm³/mol. The first-order valence-corrected chi connectivity index (χ1v) is 7.32. The lowest BCUT2D eigenvalue weighted by atomic mass is 10.2. The van der Waals surface area contributed by atoms with Crippen LogP contribution in [-0.2, 0) is 10.9 Å². The van der Waals surface area contributed by atoms with Gasteiger partial charge in [-0.3, -0.25) is 0 Å². The summed E-state index contributed by atoms with van der Waals surface area (Å²) in [6.07, 6.45) is -3.03. The molecule has 0 saturated carbocycles. The van der Waals surface area contributed by atoms with E-state index in [2.05, 4.69) is 10.3 Å². The number of alkyl carbamates (subject to hydrolysis) is 1. The maximum absolute atomic E-state index is 12.5. The monoisotopic (exact) mass is 331 g/mol. The van der Waals surface area contributed by atoms with Gasteiger partial charge in [0.15, 0.2) is 0 Å². The van der Waals surface area contributed by atoms with Crippen LogP contribution in [0.25, 0.3) is 0 Å². The quantitative estimate of drug-likeness (QED) is 0.904. The highest BCUT2D eigenvalue weighted by Gasteiger charge is 2.33. The van der Waals surface area contributed by atoms with Crippen LogP contribution in [0.15, 0.2) is 18.3 Å². The Bertz CT molecular complexity index is 553. The molecule has 0 spiro atoms. The Labute approximate surface area is 132 Å². The van der Waals surface area contributed by atoms with E-state index in [1.807, 2.05) is 4.90 Å². The van der Waals surface area contributed by atoms with Gasteiger partial charge in [-0.05, 0) is 39.3 Å². The van der Waals surface area contributed by atoms with Crippen molar-refractivity contribution in [3.05, 3.63) is 24.0 Å². The molecule has 0 unspecified atom stereocenters. The summed E-state index contributed by atoms with van der Waals surface area (Å²) >= 11 is 0. The van der Waals surface area contributed by atoms with Crippen molar-refractivity contribution >= 4 is 11.8 Å². The molecule has 1 aliphatic heterocycles. The van der Waals surface area contributed by atoms with Gasteiger partial charge < -0.3 is 15.0 Å². The maximum Gasteiger partial charge on any atom is 0.433 e. The van der Waals surface area contributed by atoms with Gasteiger partial charge in [0.05, 0.1) is 17.9 Å². The van der Waals surface area contributed by atoms with E-state index in [0.29, 0.717) is 25.2 Å². The van der Waals surface area contributed by atoms with Crippen molar-refractivity contribution in [3.63, 3.8) is 0 Å². The minimum atomic E-state index is -4.44. The highest BCUT2D eigenvalue weighted by atomic mass is 19.4. The molecule has 1 aromatic rings. The largest absolute Gasteiger partial charge is 0.444 e. The molecular formula is C15H20F3N3O2. The third-order valence-corrected chi connectivity index (χ3v) is 3.31. The number of halogens is 3. The van der Waals surface area contributed by atoms with Crippen LogP contribution < -0.4 is 10.2 Å². The average Bonchev–Trinajstić information content (AvgIpc) is 2.84. The molecule has 23 heavy (non-hydrogen) atoms. The Balaban J connectivity index is 1.91. The number of carbonyl (C=O) groups excluding carboxylic acids is 1. The second kappa shape index (κ2) is 6.25. The van der Waals surface area contributed by atoms with E-state index in [-0.39, 0.29) is 6.04 Å². The Morgan fingerprint density at radius 2 is 2.04 bits per heavy atom. The normalized spacial score (nSPS) is 18.9.